The number of ether oxygens (including phenoxy) is 1. The van der Waals surface area contributed by atoms with Gasteiger partial charge in [0, 0.05) is 0 Å². The quantitative estimate of drug-likeness (QED) is 0.554. The molecule has 0 radical (unpaired) electrons. The van der Waals surface area contributed by atoms with Crippen LogP contribution in [-0.2, 0) is 9.53 Å². The molecule has 2 heteroatoms. The van der Waals surface area contributed by atoms with Crippen molar-refractivity contribution in [3.8, 4) is 0 Å². The van der Waals surface area contributed by atoms with E-state index in [0.717, 1.165) is 18.4 Å². The molecule has 0 bridgehead atoms. The molecule has 0 aromatic heterocycles. The van der Waals surface area contributed by atoms with Crippen LogP contribution < -0.4 is 0 Å². The van der Waals surface area contributed by atoms with Gasteiger partial charge in [-0.15, -0.1) is 6.58 Å². The predicted molar refractivity (Wildman–Crippen MR) is 75.2 cm³/mol. The summed E-state index contributed by atoms with van der Waals surface area (Å²) in [6.45, 7) is 12.2. The predicted octanol–water partition coefficient (Wildman–Crippen LogP) is 4.04. The minimum Gasteiger partial charge on any atom is -0.465 e. The van der Waals surface area contributed by atoms with Crippen molar-refractivity contribution in [1.82, 2.24) is 0 Å². The molecule has 0 aromatic rings. The molecule has 100 valence electrons. The minimum absolute atomic E-state index is 0.102. The Hall–Kier alpha value is -1.31. The monoisotopic (exact) mass is 248 g/mol. The van der Waals surface area contributed by atoms with Crippen LogP contribution in [-0.4, -0.2) is 12.6 Å². The van der Waals surface area contributed by atoms with Crippen molar-refractivity contribution in [2.75, 3.05) is 6.61 Å². The van der Waals surface area contributed by atoms with Crippen molar-refractivity contribution in [2.24, 2.45) is 11.3 Å². The molecule has 2 atom stereocenters. The highest BCUT2D eigenvalue weighted by molar-refractivity contribution is 5.80. The molecule has 0 aromatic carbocycles. The molecular formula is C16H24O2. The lowest BCUT2D eigenvalue weighted by atomic mass is 9.83. The van der Waals surface area contributed by atoms with E-state index in [0.29, 0.717) is 6.61 Å². The van der Waals surface area contributed by atoms with E-state index in [1.165, 1.54) is 5.57 Å². The van der Waals surface area contributed by atoms with Gasteiger partial charge in [0.15, 0.2) is 0 Å². The Balaban J connectivity index is 3.13. The molecular weight excluding hydrogens is 224 g/mol. The standard InChI is InChI=1S/C16H24O2/c1-6-13-10-16(9-12(4)5,11-14(13)7-2)15(17)18-8-3/h6-7,9,13H,1,8,10-11H2,2-5H3/b14-7+/t13?,16-/m1/s1. The summed E-state index contributed by atoms with van der Waals surface area (Å²) < 4.78 is 5.27. The third-order valence-electron chi connectivity index (χ3n) is 3.48. The number of carbonyl (C=O) groups is 1. The second-order valence-electron chi connectivity index (χ2n) is 5.18. The molecule has 0 aliphatic heterocycles. The van der Waals surface area contributed by atoms with Gasteiger partial charge in [-0.05, 0) is 46.5 Å². The third-order valence-corrected chi connectivity index (χ3v) is 3.48. The van der Waals surface area contributed by atoms with Crippen LogP contribution in [0.1, 0.15) is 40.5 Å². The summed E-state index contributed by atoms with van der Waals surface area (Å²) in [5.41, 5.74) is 1.95. The Morgan fingerprint density at radius 3 is 2.61 bits per heavy atom. The lowest BCUT2D eigenvalue weighted by Gasteiger charge is -2.23. The molecule has 0 N–H and O–H groups in total. The summed E-state index contributed by atoms with van der Waals surface area (Å²) in [5, 5.41) is 0. The van der Waals surface area contributed by atoms with Gasteiger partial charge in [0.1, 0.15) is 0 Å². The summed E-state index contributed by atoms with van der Waals surface area (Å²) in [6.07, 6.45) is 7.64. The Kier molecular flexibility index (Phi) is 4.94. The highest BCUT2D eigenvalue weighted by atomic mass is 16.5. The average molecular weight is 248 g/mol. The molecule has 1 fully saturated rings. The number of hydrogen-bond acceptors (Lipinski definition) is 2. The van der Waals surface area contributed by atoms with E-state index in [4.69, 9.17) is 4.74 Å². The second-order valence-corrected chi connectivity index (χ2v) is 5.18. The zero-order valence-corrected chi connectivity index (χ0v) is 12.0. The number of esters is 1. The minimum atomic E-state index is -0.491. The topological polar surface area (TPSA) is 26.3 Å². The van der Waals surface area contributed by atoms with Gasteiger partial charge in [-0.3, -0.25) is 4.79 Å². The van der Waals surface area contributed by atoms with Crippen LogP contribution in [0.4, 0.5) is 0 Å². The summed E-state index contributed by atoms with van der Waals surface area (Å²) >= 11 is 0. The van der Waals surface area contributed by atoms with Crippen molar-refractivity contribution in [3.05, 3.63) is 36.0 Å². The second kappa shape index (κ2) is 6.03. The van der Waals surface area contributed by atoms with Crippen LogP contribution in [0, 0.1) is 11.3 Å². The number of hydrogen-bond donors (Lipinski definition) is 0. The van der Waals surface area contributed by atoms with Gasteiger partial charge >= 0.3 is 5.97 Å². The van der Waals surface area contributed by atoms with E-state index >= 15 is 0 Å². The zero-order valence-electron chi connectivity index (χ0n) is 12.0. The molecule has 1 rings (SSSR count). The Morgan fingerprint density at radius 2 is 2.22 bits per heavy atom. The van der Waals surface area contributed by atoms with E-state index in [2.05, 4.69) is 18.7 Å². The molecule has 0 heterocycles. The maximum absolute atomic E-state index is 12.3. The number of carbonyl (C=O) groups excluding carboxylic acids is 1. The van der Waals surface area contributed by atoms with Gasteiger partial charge in [-0.1, -0.05) is 29.4 Å². The lowest BCUT2D eigenvalue weighted by molar-refractivity contribution is -0.152. The first kappa shape index (κ1) is 14.7. The molecule has 1 aliphatic carbocycles. The average Bonchev–Trinajstić information content (AvgIpc) is 2.68. The summed E-state index contributed by atoms with van der Waals surface area (Å²) in [7, 11) is 0. The molecule has 1 saturated carbocycles. The van der Waals surface area contributed by atoms with Gasteiger partial charge < -0.3 is 4.74 Å². The molecule has 1 aliphatic rings. The van der Waals surface area contributed by atoms with Crippen molar-refractivity contribution >= 4 is 5.97 Å². The third kappa shape index (κ3) is 2.92. The van der Waals surface area contributed by atoms with Crippen LogP contribution in [0.15, 0.2) is 36.0 Å². The van der Waals surface area contributed by atoms with Gasteiger partial charge in [0.05, 0.1) is 12.0 Å². The van der Waals surface area contributed by atoms with Gasteiger partial charge in [-0.25, -0.2) is 0 Å². The van der Waals surface area contributed by atoms with Crippen LogP contribution in [0.5, 0.6) is 0 Å². The first-order valence-electron chi connectivity index (χ1n) is 6.60. The Morgan fingerprint density at radius 1 is 1.56 bits per heavy atom. The van der Waals surface area contributed by atoms with Crippen LogP contribution in [0.3, 0.4) is 0 Å². The lowest BCUT2D eigenvalue weighted by Crippen LogP contribution is -2.29. The zero-order chi connectivity index (χ0) is 13.8. The largest absolute Gasteiger partial charge is 0.465 e. The van der Waals surface area contributed by atoms with Crippen LogP contribution in [0.25, 0.3) is 0 Å². The summed E-state index contributed by atoms with van der Waals surface area (Å²) in [6, 6.07) is 0. The van der Waals surface area contributed by atoms with E-state index < -0.39 is 5.41 Å². The normalized spacial score (nSPS) is 29.1. The van der Waals surface area contributed by atoms with Crippen LogP contribution in [0.2, 0.25) is 0 Å². The first-order valence-corrected chi connectivity index (χ1v) is 6.60. The van der Waals surface area contributed by atoms with E-state index in [1.807, 2.05) is 33.8 Å². The summed E-state index contributed by atoms with van der Waals surface area (Å²) in [5.74, 6) is 0.185. The molecule has 18 heavy (non-hydrogen) atoms. The van der Waals surface area contributed by atoms with E-state index in [9.17, 15) is 4.79 Å². The fourth-order valence-electron chi connectivity index (χ4n) is 2.79. The van der Waals surface area contributed by atoms with Crippen molar-refractivity contribution < 1.29 is 9.53 Å². The fraction of sp³-hybridized carbons (Fsp3) is 0.562. The summed E-state index contributed by atoms with van der Waals surface area (Å²) in [4.78, 5) is 12.3. The highest BCUT2D eigenvalue weighted by Crippen LogP contribution is 2.48. The first-order chi connectivity index (χ1) is 8.49. The Bertz CT molecular complexity index is 386. The maximum atomic E-state index is 12.3. The molecule has 2 nitrogen and oxygen atoms in total. The van der Waals surface area contributed by atoms with E-state index in [-0.39, 0.29) is 11.9 Å². The maximum Gasteiger partial charge on any atom is 0.316 e. The molecule has 0 saturated heterocycles. The van der Waals surface area contributed by atoms with Crippen molar-refractivity contribution in [1.29, 1.82) is 0 Å². The highest BCUT2D eigenvalue weighted by Gasteiger charge is 2.46. The van der Waals surface area contributed by atoms with Crippen LogP contribution >= 0.6 is 0 Å². The molecule has 0 spiro atoms. The smallest absolute Gasteiger partial charge is 0.316 e. The molecule has 0 amide bonds. The Labute approximate surface area is 110 Å². The number of rotatable bonds is 4. The van der Waals surface area contributed by atoms with Crippen molar-refractivity contribution in [2.45, 2.75) is 40.5 Å². The van der Waals surface area contributed by atoms with Gasteiger partial charge in [-0.2, -0.15) is 0 Å². The van der Waals surface area contributed by atoms with E-state index in [1.54, 1.807) is 0 Å². The van der Waals surface area contributed by atoms with Gasteiger partial charge in [0.25, 0.3) is 0 Å². The molecule has 1 unspecified atom stereocenters. The SMILES string of the molecule is C=CC1C[C@@](C=C(C)C)(C(=O)OCC)C/C1=C\C. The van der Waals surface area contributed by atoms with Crippen molar-refractivity contribution in [3.63, 3.8) is 0 Å². The number of allylic oxidation sites excluding steroid dienone is 4. The fourth-order valence-corrected chi connectivity index (χ4v) is 2.79. The van der Waals surface area contributed by atoms with Gasteiger partial charge in [0.2, 0.25) is 0 Å².